The van der Waals surface area contributed by atoms with Crippen LogP contribution in [0.2, 0.25) is 0 Å². The van der Waals surface area contributed by atoms with E-state index < -0.39 is 0 Å². The van der Waals surface area contributed by atoms with E-state index in [-0.39, 0.29) is 5.91 Å². The number of nitrogens with one attached hydrogen (secondary N) is 1. The average Bonchev–Trinajstić information content (AvgIpc) is 2.90. The molecule has 0 saturated carbocycles. The van der Waals surface area contributed by atoms with Crippen LogP contribution in [0.1, 0.15) is 51.4 Å². The Morgan fingerprint density at radius 3 is 2.22 bits per heavy atom. The minimum Gasteiger partial charge on any atom is -0.494 e. The van der Waals surface area contributed by atoms with Gasteiger partial charge < -0.3 is 19.5 Å². The van der Waals surface area contributed by atoms with E-state index >= 15 is 0 Å². The van der Waals surface area contributed by atoms with E-state index in [4.69, 9.17) is 14.2 Å². The molecular formula is C31H40N2O4. The number of methoxy groups -OCH3 is 1. The second-order valence-electron chi connectivity index (χ2n) is 9.55. The molecule has 0 heterocycles. The van der Waals surface area contributed by atoms with Crippen molar-refractivity contribution in [1.29, 1.82) is 0 Å². The predicted molar refractivity (Wildman–Crippen MR) is 151 cm³/mol. The fourth-order valence-corrected chi connectivity index (χ4v) is 4.24. The van der Waals surface area contributed by atoms with Gasteiger partial charge in [-0.2, -0.15) is 0 Å². The lowest BCUT2D eigenvalue weighted by Crippen LogP contribution is -2.39. The third kappa shape index (κ3) is 7.99. The lowest BCUT2D eigenvalue weighted by atomic mass is 10.0. The summed E-state index contributed by atoms with van der Waals surface area (Å²) in [5, 5.41) is 2.97. The van der Waals surface area contributed by atoms with Gasteiger partial charge in [-0.15, -0.1) is 0 Å². The third-order valence-electron chi connectivity index (χ3n) is 6.14. The van der Waals surface area contributed by atoms with Gasteiger partial charge in [-0.1, -0.05) is 31.2 Å². The topological polar surface area (TPSA) is 60.0 Å². The molecule has 0 fully saturated rings. The lowest BCUT2D eigenvalue weighted by molar-refractivity contribution is 0.102. The van der Waals surface area contributed by atoms with Crippen LogP contribution in [0.25, 0.3) is 11.1 Å². The minimum absolute atomic E-state index is 0.187. The number of benzene rings is 3. The largest absolute Gasteiger partial charge is 0.494 e. The Balaban J connectivity index is 1.66. The summed E-state index contributed by atoms with van der Waals surface area (Å²) in [6.07, 6.45) is 0.963. The number of rotatable bonds is 13. The van der Waals surface area contributed by atoms with Crippen LogP contribution in [-0.2, 0) is 0 Å². The molecule has 3 rings (SSSR count). The summed E-state index contributed by atoms with van der Waals surface area (Å²) in [5.74, 6) is 1.90. The molecule has 0 aliphatic heterocycles. The van der Waals surface area contributed by atoms with Crippen molar-refractivity contribution >= 4 is 11.6 Å². The monoisotopic (exact) mass is 504 g/mol. The summed E-state index contributed by atoms with van der Waals surface area (Å²) in [4.78, 5) is 15.3. The van der Waals surface area contributed by atoms with Crippen LogP contribution in [0, 0.1) is 0 Å². The molecule has 0 radical (unpaired) electrons. The minimum atomic E-state index is -0.187. The second kappa shape index (κ2) is 13.7. The Morgan fingerprint density at radius 2 is 1.57 bits per heavy atom. The summed E-state index contributed by atoms with van der Waals surface area (Å²) in [6.45, 7) is 12.8. The van der Waals surface area contributed by atoms with Gasteiger partial charge in [-0.05, 0) is 81.6 Å². The number of nitrogens with zero attached hydrogens (tertiary/aromatic N) is 1. The first kappa shape index (κ1) is 28.1. The lowest BCUT2D eigenvalue weighted by Gasteiger charge is -2.30. The Bertz CT molecular complexity index is 1130. The number of hydrogen-bond acceptors (Lipinski definition) is 5. The van der Waals surface area contributed by atoms with Crippen molar-refractivity contribution in [2.45, 2.75) is 53.1 Å². The zero-order chi connectivity index (χ0) is 26.8. The quantitative estimate of drug-likeness (QED) is 0.274. The van der Waals surface area contributed by atoms with Crippen LogP contribution in [0.3, 0.4) is 0 Å². The number of hydrogen-bond donors (Lipinski definition) is 1. The van der Waals surface area contributed by atoms with Gasteiger partial charge in [-0.25, -0.2) is 0 Å². The first-order chi connectivity index (χ1) is 17.8. The van der Waals surface area contributed by atoms with E-state index in [1.807, 2.05) is 66.7 Å². The van der Waals surface area contributed by atoms with Crippen molar-refractivity contribution in [2.24, 2.45) is 0 Å². The fourth-order valence-electron chi connectivity index (χ4n) is 4.24. The zero-order valence-corrected chi connectivity index (χ0v) is 22.9. The van der Waals surface area contributed by atoms with E-state index in [0.29, 0.717) is 48.0 Å². The molecule has 0 atom stereocenters. The van der Waals surface area contributed by atoms with E-state index in [2.05, 4.69) is 44.8 Å². The molecule has 1 amide bonds. The highest BCUT2D eigenvalue weighted by molar-refractivity contribution is 6.04. The molecular weight excluding hydrogens is 464 g/mol. The number of amides is 1. The highest BCUT2D eigenvalue weighted by Crippen LogP contribution is 2.31. The highest BCUT2D eigenvalue weighted by atomic mass is 16.5. The van der Waals surface area contributed by atoms with Gasteiger partial charge in [0, 0.05) is 35.9 Å². The van der Waals surface area contributed by atoms with Gasteiger partial charge in [0.05, 0.1) is 13.7 Å². The number of carbonyl (C=O) groups is 1. The van der Waals surface area contributed by atoms with E-state index in [1.54, 1.807) is 7.11 Å². The van der Waals surface area contributed by atoms with Crippen molar-refractivity contribution < 1.29 is 19.0 Å². The first-order valence-corrected chi connectivity index (χ1v) is 13.0. The van der Waals surface area contributed by atoms with Crippen LogP contribution >= 0.6 is 0 Å². The van der Waals surface area contributed by atoms with Crippen molar-refractivity contribution in [3.63, 3.8) is 0 Å². The van der Waals surface area contributed by atoms with Gasteiger partial charge >= 0.3 is 0 Å². The smallest absolute Gasteiger partial charge is 0.255 e. The molecule has 1 N–H and O–H groups in total. The number of carbonyl (C=O) groups excluding carboxylic acids is 1. The summed E-state index contributed by atoms with van der Waals surface area (Å²) in [7, 11) is 1.61. The van der Waals surface area contributed by atoms with Crippen molar-refractivity contribution in [2.75, 3.05) is 32.2 Å². The normalized spacial score (nSPS) is 11.2. The standard InChI is InChI=1S/C31H40N2O4/c1-7-18-36-28-10-8-9-26(20-28)24-11-13-25(14-12-24)31(34)32-27-15-16-29(35-6)30(21-27)37-19-17-33(22(2)3)23(4)5/h8-16,20-23H,7,17-19H2,1-6H3,(H,32,34). The zero-order valence-electron chi connectivity index (χ0n) is 22.9. The van der Waals surface area contributed by atoms with Gasteiger partial charge in [-0.3, -0.25) is 9.69 Å². The Labute approximate surface area is 221 Å². The molecule has 198 valence electrons. The average molecular weight is 505 g/mol. The molecule has 0 unspecified atom stereocenters. The molecule has 0 bridgehead atoms. The van der Waals surface area contributed by atoms with Crippen LogP contribution in [0.5, 0.6) is 17.2 Å². The van der Waals surface area contributed by atoms with Crippen LogP contribution in [-0.4, -0.2) is 49.8 Å². The van der Waals surface area contributed by atoms with E-state index in [0.717, 1.165) is 29.8 Å². The van der Waals surface area contributed by atoms with Gasteiger partial charge in [0.1, 0.15) is 12.4 Å². The molecule has 0 aliphatic carbocycles. The summed E-state index contributed by atoms with van der Waals surface area (Å²) in [6, 6.07) is 21.8. The van der Waals surface area contributed by atoms with E-state index in [9.17, 15) is 4.79 Å². The second-order valence-corrected chi connectivity index (χ2v) is 9.55. The van der Waals surface area contributed by atoms with Crippen LogP contribution in [0.15, 0.2) is 66.7 Å². The molecule has 0 aliphatic rings. The fraction of sp³-hybridized carbons (Fsp3) is 0.387. The predicted octanol–water partition coefficient (Wildman–Crippen LogP) is 6.90. The van der Waals surface area contributed by atoms with Crippen LogP contribution < -0.4 is 19.5 Å². The molecule has 3 aromatic rings. The van der Waals surface area contributed by atoms with Crippen molar-refractivity contribution in [1.82, 2.24) is 4.90 Å². The summed E-state index contributed by atoms with van der Waals surface area (Å²) < 4.78 is 17.3. The van der Waals surface area contributed by atoms with Crippen molar-refractivity contribution in [3.05, 3.63) is 72.3 Å². The SMILES string of the molecule is CCCOc1cccc(-c2ccc(C(=O)Nc3ccc(OC)c(OCCN(C(C)C)C(C)C)c3)cc2)c1. The maximum absolute atomic E-state index is 12.9. The molecule has 37 heavy (non-hydrogen) atoms. The summed E-state index contributed by atoms with van der Waals surface area (Å²) in [5.41, 5.74) is 3.29. The molecule has 3 aromatic carbocycles. The maximum atomic E-state index is 12.9. The third-order valence-corrected chi connectivity index (χ3v) is 6.14. The highest BCUT2D eigenvalue weighted by Gasteiger charge is 2.15. The van der Waals surface area contributed by atoms with Gasteiger partial charge in [0.15, 0.2) is 11.5 Å². The molecule has 0 spiro atoms. The maximum Gasteiger partial charge on any atom is 0.255 e. The number of ether oxygens (including phenoxy) is 3. The van der Waals surface area contributed by atoms with Gasteiger partial charge in [0.25, 0.3) is 5.91 Å². The molecule has 0 saturated heterocycles. The Morgan fingerprint density at radius 1 is 0.838 bits per heavy atom. The van der Waals surface area contributed by atoms with Gasteiger partial charge in [0.2, 0.25) is 0 Å². The Kier molecular flexibility index (Phi) is 10.4. The van der Waals surface area contributed by atoms with Crippen molar-refractivity contribution in [3.8, 4) is 28.4 Å². The Hall–Kier alpha value is -3.51. The molecule has 6 nitrogen and oxygen atoms in total. The summed E-state index contributed by atoms with van der Waals surface area (Å²) >= 11 is 0. The van der Waals surface area contributed by atoms with Crippen LogP contribution in [0.4, 0.5) is 5.69 Å². The molecule has 6 heteroatoms. The van der Waals surface area contributed by atoms with E-state index in [1.165, 1.54) is 0 Å². The number of anilines is 1. The first-order valence-electron chi connectivity index (χ1n) is 13.0. The molecule has 0 aromatic heterocycles.